The Balaban J connectivity index is 1.65. The average Bonchev–Trinajstić information content (AvgIpc) is 2.94. The molecule has 2 aliphatic heterocycles. The van der Waals surface area contributed by atoms with Crippen LogP contribution in [0.5, 0.6) is 11.5 Å². The summed E-state index contributed by atoms with van der Waals surface area (Å²) < 4.78 is 11.8. The summed E-state index contributed by atoms with van der Waals surface area (Å²) in [6.45, 7) is 5.55. The van der Waals surface area contributed by atoms with Gasteiger partial charge in [0.2, 0.25) is 5.78 Å². The third-order valence-corrected chi connectivity index (χ3v) is 4.83. The van der Waals surface area contributed by atoms with Gasteiger partial charge >= 0.3 is 0 Å². The molecule has 25 heavy (non-hydrogen) atoms. The highest BCUT2D eigenvalue weighted by molar-refractivity contribution is 6.31. The van der Waals surface area contributed by atoms with Crippen molar-refractivity contribution < 1.29 is 14.3 Å². The summed E-state index contributed by atoms with van der Waals surface area (Å²) in [4.78, 5) is 14.6. The van der Waals surface area contributed by atoms with Crippen molar-refractivity contribution in [2.45, 2.75) is 26.9 Å². The fourth-order valence-electron chi connectivity index (χ4n) is 3.19. The van der Waals surface area contributed by atoms with E-state index in [-0.39, 0.29) is 5.78 Å². The molecule has 0 bridgehead atoms. The van der Waals surface area contributed by atoms with Crippen molar-refractivity contribution in [2.75, 3.05) is 6.73 Å². The van der Waals surface area contributed by atoms with E-state index in [1.807, 2.05) is 44.2 Å². The van der Waals surface area contributed by atoms with Crippen LogP contribution in [0, 0.1) is 0 Å². The van der Waals surface area contributed by atoms with Gasteiger partial charge in [-0.2, -0.15) is 0 Å². The smallest absolute Gasteiger partial charge is 0.231 e. The van der Waals surface area contributed by atoms with E-state index in [0.29, 0.717) is 36.9 Å². The minimum atomic E-state index is -0.0546. The number of ketones is 1. The molecule has 128 valence electrons. The van der Waals surface area contributed by atoms with Gasteiger partial charge in [-0.05, 0) is 43.2 Å². The quantitative estimate of drug-likeness (QED) is 0.740. The second-order valence-electron chi connectivity index (χ2n) is 6.53. The van der Waals surface area contributed by atoms with Crippen molar-refractivity contribution in [3.63, 3.8) is 0 Å². The molecule has 2 aliphatic rings. The molecule has 0 atom stereocenters. The number of hydrogen-bond acceptors (Lipinski definition) is 4. The predicted molar refractivity (Wildman–Crippen MR) is 96.0 cm³/mol. The number of benzene rings is 2. The first-order chi connectivity index (χ1) is 12.0. The Kier molecular flexibility index (Phi) is 4.02. The molecule has 0 amide bonds. The van der Waals surface area contributed by atoms with Gasteiger partial charge in [0.1, 0.15) is 18.2 Å². The van der Waals surface area contributed by atoms with Crippen molar-refractivity contribution in [1.29, 1.82) is 0 Å². The Morgan fingerprint density at radius 2 is 2.00 bits per heavy atom. The lowest BCUT2D eigenvalue weighted by atomic mass is 10.0. The van der Waals surface area contributed by atoms with E-state index in [0.717, 1.165) is 27.5 Å². The summed E-state index contributed by atoms with van der Waals surface area (Å²) in [5, 5.41) is 0.741. The zero-order valence-electron chi connectivity index (χ0n) is 14.1. The summed E-state index contributed by atoms with van der Waals surface area (Å²) in [7, 11) is 0. The average molecular weight is 356 g/mol. The van der Waals surface area contributed by atoms with E-state index in [2.05, 4.69) is 4.90 Å². The van der Waals surface area contributed by atoms with Gasteiger partial charge in [-0.25, -0.2) is 0 Å². The van der Waals surface area contributed by atoms with Gasteiger partial charge < -0.3 is 9.47 Å². The lowest BCUT2D eigenvalue weighted by Gasteiger charge is -2.30. The summed E-state index contributed by atoms with van der Waals surface area (Å²) in [5.41, 5.74) is 3.45. The maximum Gasteiger partial charge on any atom is 0.231 e. The first-order valence-corrected chi connectivity index (χ1v) is 8.57. The van der Waals surface area contributed by atoms with Crippen molar-refractivity contribution in [3.05, 3.63) is 69.4 Å². The Labute approximate surface area is 151 Å². The van der Waals surface area contributed by atoms with E-state index < -0.39 is 0 Å². The number of rotatable bonds is 2. The molecule has 2 aromatic rings. The van der Waals surface area contributed by atoms with Crippen molar-refractivity contribution in [2.24, 2.45) is 0 Å². The Hall–Kier alpha value is -2.30. The third kappa shape index (κ3) is 2.81. The van der Waals surface area contributed by atoms with E-state index >= 15 is 0 Å². The fraction of sp³-hybridized carbons (Fsp3) is 0.250. The topological polar surface area (TPSA) is 38.8 Å². The van der Waals surface area contributed by atoms with Crippen LogP contribution in [0.2, 0.25) is 5.02 Å². The van der Waals surface area contributed by atoms with E-state index in [9.17, 15) is 4.79 Å². The molecule has 0 unspecified atom stereocenters. The fourth-order valence-corrected chi connectivity index (χ4v) is 3.38. The molecule has 0 radical (unpaired) electrons. The molecule has 0 aliphatic carbocycles. The molecule has 0 spiro atoms. The molecule has 5 heteroatoms. The first-order valence-electron chi connectivity index (χ1n) is 8.19. The van der Waals surface area contributed by atoms with Crippen LogP contribution in [0.15, 0.2) is 47.7 Å². The Morgan fingerprint density at radius 1 is 1.20 bits per heavy atom. The molecule has 4 nitrogen and oxygen atoms in total. The number of carbonyl (C=O) groups is 1. The van der Waals surface area contributed by atoms with Crippen LogP contribution in [0.4, 0.5) is 0 Å². The third-order valence-electron chi connectivity index (χ3n) is 4.46. The van der Waals surface area contributed by atoms with E-state index in [4.69, 9.17) is 21.1 Å². The van der Waals surface area contributed by atoms with Crippen molar-refractivity contribution in [3.8, 4) is 11.5 Å². The molecule has 0 saturated carbocycles. The van der Waals surface area contributed by atoms with Gasteiger partial charge in [0.15, 0.2) is 5.76 Å². The molecule has 2 heterocycles. The SMILES string of the molecule is CC(C)=C1Oc2c(ccc3c2CN(Cc2ccccc2Cl)CO3)C1=O. The van der Waals surface area contributed by atoms with Gasteiger partial charge in [-0.15, -0.1) is 0 Å². The van der Waals surface area contributed by atoms with Gasteiger partial charge in [0.25, 0.3) is 0 Å². The second-order valence-corrected chi connectivity index (χ2v) is 6.94. The number of halogens is 1. The molecule has 0 aromatic heterocycles. The minimum Gasteiger partial charge on any atom is -0.478 e. The maximum atomic E-state index is 12.5. The summed E-state index contributed by atoms with van der Waals surface area (Å²) in [6.07, 6.45) is 0. The molecular formula is C20H18ClNO3. The van der Waals surface area contributed by atoms with E-state index in [1.165, 1.54) is 0 Å². The van der Waals surface area contributed by atoms with Gasteiger partial charge in [0.05, 0.1) is 11.1 Å². The van der Waals surface area contributed by atoms with Gasteiger partial charge in [-0.3, -0.25) is 9.69 Å². The Bertz CT molecular complexity index is 900. The molecule has 0 N–H and O–H groups in total. The molecule has 0 fully saturated rings. The van der Waals surface area contributed by atoms with Crippen LogP contribution in [-0.2, 0) is 13.1 Å². The van der Waals surface area contributed by atoms with Crippen LogP contribution in [-0.4, -0.2) is 17.4 Å². The zero-order chi connectivity index (χ0) is 17.6. The Morgan fingerprint density at radius 3 is 2.76 bits per heavy atom. The standard InChI is InChI=1S/C20H18ClNO3/c1-12(2)19-18(23)14-7-8-17-15(20(14)25-19)10-22(11-24-17)9-13-5-3-4-6-16(13)21/h3-8H,9-11H2,1-2H3. The zero-order valence-corrected chi connectivity index (χ0v) is 14.9. The number of Topliss-reactive ketones (excluding diaryl/α,β-unsaturated/α-hetero) is 1. The number of carbonyl (C=O) groups excluding carboxylic acids is 1. The van der Waals surface area contributed by atoms with Gasteiger partial charge in [-0.1, -0.05) is 29.8 Å². The van der Waals surface area contributed by atoms with Crippen LogP contribution in [0.25, 0.3) is 0 Å². The number of nitrogens with zero attached hydrogens (tertiary/aromatic N) is 1. The maximum absolute atomic E-state index is 12.5. The van der Waals surface area contributed by atoms with Crippen LogP contribution < -0.4 is 9.47 Å². The highest BCUT2D eigenvalue weighted by atomic mass is 35.5. The van der Waals surface area contributed by atoms with Crippen LogP contribution in [0.1, 0.15) is 35.3 Å². The molecule has 0 saturated heterocycles. The minimum absolute atomic E-state index is 0.0546. The summed E-state index contributed by atoms with van der Waals surface area (Å²) in [6, 6.07) is 11.4. The second kappa shape index (κ2) is 6.21. The van der Waals surface area contributed by atoms with Gasteiger partial charge in [0, 0.05) is 18.1 Å². The highest BCUT2D eigenvalue weighted by Gasteiger charge is 2.34. The van der Waals surface area contributed by atoms with E-state index in [1.54, 1.807) is 6.07 Å². The molecule has 2 aromatic carbocycles. The number of allylic oxidation sites excluding steroid dienone is 2. The summed E-state index contributed by atoms with van der Waals surface area (Å²) >= 11 is 6.27. The molecule has 4 rings (SSSR count). The van der Waals surface area contributed by atoms with Crippen LogP contribution in [0.3, 0.4) is 0 Å². The van der Waals surface area contributed by atoms with Crippen molar-refractivity contribution in [1.82, 2.24) is 4.90 Å². The number of hydrogen-bond donors (Lipinski definition) is 0. The first kappa shape index (κ1) is 16.2. The highest BCUT2D eigenvalue weighted by Crippen LogP contribution is 2.42. The number of ether oxygens (including phenoxy) is 2. The lowest BCUT2D eigenvalue weighted by Crippen LogP contribution is -2.31. The van der Waals surface area contributed by atoms with Crippen LogP contribution >= 0.6 is 11.6 Å². The predicted octanol–water partition coefficient (Wildman–Crippen LogP) is 4.56. The summed E-state index contributed by atoms with van der Waals surface area (Å²) in [5.74, 6) is 1.77. The molecular weight excluding hydrogens is 338 g/mol. The number of fused-ring (bicyclic) bond motifs is 3. The lowest BCUT2D eigenvalue weighted by molar-refractivity contribution is 0.0872. The normalized spacial score (nSPS) is 16.1. The van der Waals surface area contributed by atoms with Crippen molar-refractivity contribution >= 4 is 17.4 Å². The largest absolute Gasteiger partial charge is 0.478 e. The monoisotopic (exact) mass is 355 g/mol.